The number of morpholine rings is 1. The van der Waals surface area contributed by atoms with Gasteiger partial charge in [-0.1, -0.05) is 34.6 Å². The average molecular weight is 662 g/mol. The minimum Gasteiger partial charge on any atom is -0.390 e. The summed E-state index contributed by atoms with van der Waals surface area (Å²) in [7, 11) is 1.77. The van der Waals surface area contributed by atoms with Gasteiger partial charge in [0.25, 0.3) is 0 Å². The molecule has 8 heteroatoms. The van der Waals surface area contributed by atoms with E-state index in [-0.39, 0.29) is 40.8 Å². The Labute approximate surface area is 284 Å². The van der Waals surface area contributed by atoms with Crippen LogP contribution in [0.5, 0.6) is 0 Å². The number of ether oxygens (including phenoxy) is 5. The van der Waals surface area contributed by atoms with Gasteiger partial charge < -0.3 is 33.9 Å². The molecule has 8 nitrogen and oxygen atoms in total. The number of aliphatic hydroxyl groups is 2. The molecular formula is C39H67NO7. The van der Waals surface area contributed by atoms with Gasteiger partial charge in [-0.05, 0) is 117 Å². The van der Waals surface area contributed by atoms with E-state index in [9.17, 15) is 10.2 Å². The number of fused-ring (bicyclic) bond motifs is 4. The second kappa shape index (κ2) is 11.9. The molecule has 14 atom stereocenters. The van der Waals surface area contributed by atoms with Crippen LogP contribution in [-0.4, -0.2) is 104 Å². The summed E-state index contributed by atoms with van der Waals surface area (Å²) in [6.07, 6.45) is 8.00. The smallest absolute Gasteiger partial charge is 0.170 e. The van der Waals surface area contributed by atoms with Crippen molar-refractivity contribution in [1.29, 1.82) is 0 Å². The van der Waals surface area contributed by atoms with Gasteiger partial charge in [0.15, 0.2) is 6.29 Å². The summed E-state index contributed by atoms with van der Waals surface area (Å²) in [6, 6.07) is 0. The lowest BCUT2D eigenvalue weighted by atomic mass is 9.41. The number of aliphatic hydroxyl groups excluding tert-OH is 1. The van der Waals surface area contributed by atoms with Crippen LogP contribution in [0.1, 0.15) is 107 Å². The molecule has 7 rings (SSSR count). The van der Waals surface area contributed by atoms with Crippen LogP contribution < -0.4 is 0 Å². The predicted molar refractivity (Wildman–Crippen MR) is 181 cm³/mol. The van der Waals surface area contributed by atoms with Crippen LogP contribution in [0.2, 0.25) is 0 Å². The zero-order valence-electron chi connectivity index (χ0n) is 31.1. The molecule has 1 unspecified atom stereocenters. The van der Waals surface area contributed by atoms with Crippen LogP contribution in [0, 0.1) is 50.7 Å². The van der Waals surface area contributed by atoms with Crippen LogP contribution in [0.3, 0.4) is 0 Å². The molecule has 0 aromatic rings. The van der Waals surface area contributed by atoms with Crippen molar-refractivity contribution in [2.24, 2.45) is 50.7 Å². The maximum Gasteiger partial charge on any atom is 0.170 e. The number of hydrogen-bond acceptors (Lipinski definition) is 8. The van der Waals surface area contributed by atoms with E-state index in [0.29, 0.717) is 47.7 Å². The van der Waals surface area contributed by atoms with Crippen LogP contribution in [0.4, 0.5) is 0 Å². The predicted octanol–water partition coefficient (Wildman–Crippen LogP) is 5.67. The highest BCUT2D eigenvalue weighted by atomic mass is 16.7. The zero-order chi connectivity index (χ0) is 33.8. The molecule has 0 aromatic carbocycles. The first kappa shape index (κ1) is 35.1. The van der Waals surface area contributed by atoms with E-state index in [0.717, 1.165) is 39.1 Å². The van der Waals surface area contributed by atoms with E-state index in [2.05, 4.69) is 39.5 Å². The van der Waals surface area contributed by atoms with Crippen molar-refractivity contribution in [2.75, 3.05) is 46.6 Å². The molecule has 2 N–H and O–H groups in total. The Morgan fingerprint density at radius 1 is 1.02 bits per heavy atom. The summed E-state index contributed by atoms with van der Waals surface area (Å²) in [5, 5.41) is 23.7. The fraction of sp³-hybridized carbons (Fsp3) is 1.00. The summed E-state index contributed by atoms with van der Waals surface area (Å²) in [4.78, 5) is 2.41. The summed E-state index contributed by atoms with van der Waals surface area (Å²) >= 11 is 0. The van der Waals surface area contributed by atoms with E-state index < -0.39 is 17.8 Å². The van der Waals surface area contributed by atoms with Crippen molar-refractivity contribution in [2.45, 2.75) is 149 Å². The highest BCUT2D eigenvalue weighted by Crippen LogP contribution is 2.89. The van der Waals surface area contributed by atoms with Gasteiger partial charge in [-0.15, -0.1) is 0 Å². The Balaban J connectivity index is 1.11. The zero-order valence-corrected chi connectivity index (χ0v) is 31.1. The molecule has 7 fully saturated rings. The summed E-state index contributed by atoms with van der Waals surface area (Å²) in [5.74, 6) is 1.83. The maximum absolute atomic E-state index is 12.6. The van der Waals surface area contributed by atoms with E-state index in [4.69, 9.17) is 23.7 Å². The third-order valence-electron chi connectivity index (χ3n) is 16.2. The normalized spacial score (nSPS) is 51.3. The third kappa shape index (κ3) is 4.95. The molecule has 2 spiro atoms. The summed E-state index contributed by atoms with van der Waals surface area (Å²) in [5.41, 5.74) is -0.458. The van der Waals surface area contributed by atoms with Gasteiger partial charge in [-0.2, -0.15) is 0 Å². The van der Waals surface area contributed by atoms with Crippen molar-refractivity contribution < 1.29 is 33.9 Å². The lowest BCUT2D eigenvalue weighted by molar-refractivity contribution is -0.249. The molecule has 2 aliphatic heterocycles. The minimum absolute atomic E-state index is 0.0205. The van der Waals surface area contributed by atoms with E-state index in [1.54, 1.807) is 7.11 Å². The second-order valence-corrected chi connectivity index (χ2v) is 18.8. The van der Waals surface area contributed by atoms with E-state index in [1.165, 1.54) is 38.5 Å². The molecule has 5 saturated carbocycles. The van der Waals surface area contributed by atoms with Gasteiger partial charge in [0.2, 0.25) is 0 Å². The number of nitrogens with zero attached hydrogens (tertiary/aromatic N) is 1. The van der Waals surface area contributed by atoms with Gasteiger partial charge in [0.05, 0.1) is 43.2 Å². The molecule has 0 amide bonds. The lowest BCUT2D eigenvalue weighted by Gasteiger charge is -2.64. The van der Waals surface area contributed by atoms with Gasteiger partial charge in [0.1, 0.15) is 6.10 Å². The van der Waals surface area contributed by atoms with Crippen molar-refractivity contribution in [3.05, 3.63) is 0 Å². The SMILES string of the molecule is CCO[C@@H]([C@H]1C[C@@H](C)[C@H]2[C@H](O1)[C@H](O)[C@@]1(C)[C@@H]3CC[C@H]4C(C)(C)[C@@H](O[C@H]5CN(CCOC)CCO5)CCC45C[C@@]35CC[C@]21C)C(C)(C)O. The largest absolute Gasteiger partial charge is 0.390 e. The number of methoxy groups -OCH3 is 1. The summed E-state index contributed by atoms with van der Waals surface area (Å²) in [6.45, 7) is 22.6. The first-order valence-electron chi connectivity index (χ1n) is 19.3. The molecule has 7 aliphatic rings. The minimum atomic E-state index is -1.01. The lowest BCUT2D eigenvalue weighted by Crippen LogP contribution is -2.60. The van der Waals surface area contributed by atoms with Crippen molar-refractivity contribution in [1.82, 2.24) is 4.90 Å². The molecule has 0 bridgehead atoms. The Kier molecular flexibility index (Phi) is 8.86. The first-order valence-corrected chi connectivity index (χ1v) is 19.3. The van der Waals surface area contributed by atoms with Crippen LogP contribution in [0.25, 0.3) is 0 Å². The molecule has 0 aromatic heterocycles. The van der Waals surface area contributed by atoms with Gasteiger partial charge in [-0.25, -0.2) is 0 Å². The standard InChI is InChI=1S/C39H67NO7/c1-10-44-33(35(5,6)42)25-21-24(2)30-31(46-25)32(41)37(8)27-12-11-26-34(3,4)28(47-29-22-40(17-19-43-9)18-20-45-29)13-14-38(26)23-39(27,38)16-15-36(30,37)7/h24-33,41-42H,10-23H2,1-9H3/t24-,25-,26+,27+,28+,29+,30+,31+,32+,33+,36-,37-,38?,39+/m1/s1. The first-order chi connectivity index (χ1) is 22.1. The van der Waals surface area contributed by atoms with E-state index >= 15 is 0 Å². The quantitative estimate of drug-likeness (QED) is 0.327. The number of hydrogen-bond donors (Lipinski definition) is 2. The highest BCUT2D eigenvalue weighted by molar-refractivity contribution is 5.33. The van der Waals surface area contributed by atoms with Gasteiger partial charge in [0, 0.05) is 38.8 Å². The monoisotopic (exact) mass is 661 g/mol. The third-order valence-corrected chi connectivity index (χ3v) is 16.2. The molecule has 2 heterocycles. The van der Waals surface area contributed by atoms with Crippen LogP contribution in [-0.2, 0) is 23.7 Å². The topological polar surface area (TPSA) is 89.9 Å². The van der Waals surface area contributed by atoms with Crippen LogP contribution >= 0.6 is 0 Å². The molecule has 47 heavy (non-hydrogen) atoms. The molecule has 2 saturated heterocycles. The fourth-order valence-electron chi connectivity index (χ4n) is 14.1. The maximum atomic E-state index is 12.6. The highest BCUT2D eigenvalue weighted by Gasteiger charge is 2.84. The Bertz CT molecular complexity index is 1160. The van der Waals surface area contributed by atoms with Gasteiger partial charge >= 0.3 is 0 Å². The van der Waals surface area contributed by atoms with Gasteiger partial charge in [-0.3, -0.25) is 4.90 Å². The van der Waals surface area contributed by atoms with Crippen molar-refractivity contribution in [3.8, 4) is 0 Å². The van der Waals surface area contributed by atoms with Crippen molar-refractivity contribution in [3.63, 3.8) is 0 Å². The molecular weight excluding hydrogens is 594 g/mol. The Hall–Kier alpha value is -0.320. The van der Waals surface area contributed by atoms with Crippen molar-refractivity contribution >= 4 is 0 Å². The Morgan fingerprint density at radius 3 is 2.45 bits per heavy atom. The summed E-state index contributed by atoms with van der Waals surface area (Å²) < 4.78 is 31.5. The van der Waals surface area contributed by atoms with E-state index in [1.807, 2.05) is 20.8 Å². The molecule has 5 aliphatic carbocycles. The number of rotatable bonds is 9. The van der Waals surface area contributed by atoms with Crippen LogP contribution in [0.15, 0.2) is 0 Å². The molecule has 270 valence electrons. The Morgan fingerprint density at radius 2 is 1.74 bits per heavy atom. The molecule has 0 radical (unpaired) electrons. The second-order valence-electron chi connectivity index (χ2n) is 18.8. The fourth-order valence-corrected chi connectivity index (χ4v) is 14.1. The average Bonchev–Trinajstić information content (AvgIpc) is 3.64.